The van der Waals surface area contributed by atoms with Gasteiger partial charge in [0.05, 0.1) is 13.2 Å². The van der Waals surface area contributed by atoms with Crippen molar-refractivity contribution >= 4 is 11.8 Å². The second kappa shape index (κ2) is 4.77. The monoisotopic (exact) mass is 263 g/mol. The van der Waals surface area contributed by atoms with Crippen molar-refractivity contribution in [2.24, 2.45) is 11.8 Å². The van der Waals surface area contributed by atoms with E-state index in [0.29, 0.717) is 11.8 Å². The van der Waals surface area contributed by atoms with E-state index in [0.717, 1.165) is 31.7 Å². The molecule has 1 saturated heterocycles. The summed E-state index contributed by atoms with van der Waals surface area (Å²) in [6.07, 6.45) is 1.81. The molecule has 2 heterocycles. The van der Waals surface area contributed by atoms with Gasteiger partial charge in [-0.3, -0.25) is 0 Å². The van der Waals surface area contributed by atoms with E-state index in [1.807, 2.05) is 0 Å². The fourth-order valence-electron chi connectivity index (χ4n) is 3.13. The van der Waals surface area contributed by atoms with Gasteiger partial charge < -0.3 is 14.7 Å². The third-order valence-corrected chi connectivity index (χ3v) is 4.19. The van der Waals surface area contributed by atoms with Crippen LogP contribution in [0.15, 0.2) is 12.1 Å². The number of aliphatic hydroxyl groups excluding tert-OH is 1. The molecule has 1 aromatic heterocycles. The summed E-state index contributed by atoms with van der Waals surface area (Å²) in [6.45, 7) is 1.73. The highest BCUT2D eigenvalue weighted by molar-refractivity contribution is 5.86. The number of esters is 1. The van der Waals surface area contributed by atoms with E-state index in [9.17, 15) is 9.90 Å². The lowest BCUT2D eigenvalue weighted by Crippen LogP contribution is -2.25. The summed E-state index contributed by atoms with van der Waals surface area (Å²) in [7, 11) is 1.32. The minimum Gasteiger partial charge on any atom is -0.464 e. The molecule has 3 rings (SSSR count). The van der Waals surface area contributed by atoms with E-state index in [4.69, 9.17) is 0 Å². The third kappa shape index (κ3) is 2.16. The van der Waals surface area contributed by atoms with Gasteiger partial charge in [0.2, 0.25) is 0 Å². The van der Waals surface area contributed by atoms with Crippen molar-refractivity contribution in [3.8, 4) is 0 Å². The molecule has 6 heteroatoms. The molecule has 1 aliphatic heterocycles. The first-order chi connectivity index (χ1) is 9.19. The van der Waals surface area contributed by atoms with E-state index in [1.165, 1.54) is 7.11 Å². The zero-order chi connectivity index (χ0) is 13.4. The van der Waals surface area contributed by atoms with Crippen LogP contribution in [0, 0.1) is 11.8 Å². The van der Waals surface area contributed by atoms with Gasteiger partial charge in [-0.05, 0) is 30.9 Å². The predicted octanol–water partition coefficient (Wildman–Crippen LogP) is 0.470. The number of aliphatic hydroxyl groups is 1. The number of fused-ring (bicyclic) bond motifs is 1. The predicted molar refractivity (Wildman–Crippen MR) is 67.8 cm³/mol. The normalized spacial score (nSPS) is 29.4. The third-order valence-electron chi connectivity index (χ3n) is 4.19. The SMILES string of the molecule is COC(=O)c1ccc(N2CC3CCC(O)C3C2)nn1. The lowest BCUT2D eigenvalue weighted by atomic mass is 10.00. The van der Waals surface area contributed by atoms with E-state index in [2.05, 4.69) is 19.8 Å². The molecule has 0 radical (unpaired) electrons. The van der Waals surface area contributed by atoms with E-state index >= 15 is 0 Å². The Morgan fingerprint density at radius 2 is 2.21 bits per heavy atom. The Morgan fingerprint density at radius 1 is 1.37 bits per heavy atom. The molecule has 1 aliphatic carbocycles. The summed E-state index contributed by atoms with van der Waals surface area (Å²) >= 11 is 0. The average molecular weight is 263 g/mol. The summed E-state index contributed by atoms with van der Waals surface area (Å²) in [5.41, 5.74) is 0.214. The maximum absolute atomic E-state index is 11.3. The number of ether oxygens (including phenoxy) is 1. The van der Waals surface area contributed by atoms with Crippen LogP contribution >= 0.6 is 0 Å². The Balaban J connectivity index is 1.72. The van der Waals surface area contributed by atoms with Gasteiger partial charge in [0.25, 0.3) is 0 Å². The topological polar surface area (TPSA) is 75.5 Å². The van der Waals surface area contributed by atoms with Crippen LogP contribution < -0.4 is 4.90 Å². The molecule has 2 aliphatic rings. The smallest absolute Gasteiger partial charge is 0.358 e. The van der Waals surface area contributed by atoms with Crippen molar-refractivity contribution in [2.45, 2.75) is 18.9 Å². The molecule has 3 unspecified atom stereocenters. The van der Waals surface area contributed by atoms with E-state index < -0.39 is 5.97 Å². The van der Waals surface area contributed by atoms with Gasteiger partial charge in [-0.1, -0.05) is 0 Å². The summed E-state index contributed by atoms with van der Waals surface area (Å²) in [4.78, 5) is 13.4. The van der Waals surface area contributed by atoms with Crippen LogP contribution in [0.3, 0.4) is 0 Å². The molecule has 19 heavy (non-hydrogen) atoms. The first-order valence-corrected chi connectivity index (χ1v) is 6.54. The molecule has 3 atom stereocenters. The van der Waals surface area contributed by atoms with Crippen LogP contribution in [0.2, 0.25) is 0 Å². The number of hydrogen-bond acceptors (Lipinski definition) is 6. The van der Waals surface area contributed by atoms with Gasteiger partial charge in [-0.25, -0.2) is 4.79 Å². The van der Waals surface area contributed by atoms with Gasteiger partial charge in [0, 0.05) is 19.0 Å². The fraction of sp³-hybridized carbons (Fsp3) is 0.615. The molecule has 1 N–H and O–H groups in total. The molecule has 102 valence electrons. The first-order valence-electron chi connectivity index (χ1n) is 6.54. The average Bonchev–Trinajstić information content (AvgIpc) is 3.01. The Bertz CT molecular complexity index is 477. The number of aromatic nitrogens is 2. The zero-order valence-corrected chi connectivity index (χ0v) is 10.8. The van der Waals surface area contributed by atoms with Crippen molar-refractivity contribution < 1.29 is 14.6 Å². The number of methoxy groups -OCH3 is 1. The van der Waals surface area contributed by atoms with Crippen LogP contribution in [0.5, 0.6) is 0 Å². The van der Waals surface area contributed by atoms with Crippen LogP contribution in [0.25, 0.3) is 0 Å². The maximum Gasteiger partial charge on any atom is 0.358 e. The molecule has 0 amide bonds. The maximum atomic E-state index is 11.3. The Hall–Kier alpha value is -1.69. The summed E-state index contributed by atoms with van der Waals surface area (Å²) < 4.78 is 4.59. The highest BCUT2D eigenvalue weighted by Gasteiger charge is 2.42. The summed E-state index contributed by atoms with van der Waals surface area (Å²) in [6, 6.07) is 3.41. The number of anilines is 1. The van der Waals surface area contributed by atoms with Crippen LogP contribution in [0.1, 0.15) is 23.3 Å². The first kappa shape index (κ1) is 12.3. The fourth-order valence-corrected chi connectivity index (χ4v) is 3.13. The Morgan fingerprint density at radius 3 is 2.84 bits per heavy atom. The van der Waals surface area contributed by atoms with Crippen LogP contribution in [-0.2, 0) is 4.74 Å². The van der Waals surface area contributed by atoms with Crippen molar-refractivity contribution in [1.82, 2.24) is 10.2 Å². The Kier molecular flexibility index (Phi) is 3.10. The molecule has 1 aromatic rings. The molecule has 2 fully saturated rings. The quantitative estimate of drug-likeness (QED) is 0.782. The van der Waals surface area contributed by atoms with Crippen LogP contribution in [0.4, 0.5) is 5.82 Å². The van der Waals surface area contributed by atoms with Gasteiger partial charge in [-0.15, -0.1) is 10.2 Å². The molecule has 0 bridgehead atoms. The molecular weight excluding hydrogens is 246 g/mol. The minimum atomic E-state index is -0.479. The van der Waals surface area contributed by atoms with E-state index in [-0.39, 0.29) is 11.8 Å². The van der Waals surface area contributed by atoms with Gasteiger partial charge >= 0.3 is 5.97 Å². The summed E-state index contributed by atoms with van der Waals surface area (Å²) in [5.74, 6) is 1.18. The summed E-state index contributed by atoms with van der Waals surface area (Å²) in [5, 5.41) is 17.8. The number of carbonyl (C=O) groups excluding carboxylic acids is 1. The number of hydrogen-bond donors (Lipinski definition) is 1. The van der Waals surface area contributed by atoms with Gasteiger partial charge in [-0.2, -0.15) is 0 Å². The highest BCUT2D eigenvalue weighted by atomic mass is 16.5. The van der Waals surface area contributed by atoms with Gasteiger partial charge in [0.15, 0.2) is 11.5 Å². The molecular formula is C13H17N3O3. The van der Waals surface area contributed by atoms with E-state index in [1.54, 1.807) is 12.1 Å². The second-order valence-electron chi connectivity index (χ2n) is 5.24. The minimum absolute atomic E-state index is 0.183. The van der Waals surface area contributed by atoms with Crippen molar-refractivity contribution in [3.63, 3.8) is 0 Å². The molecule has 0 spiro atoms. The van der Waals surface area contributed by atoms with Crippen molar-refractivity contribution in [1.29, 1.82) is 0 Å². The van der Waals surface area contributed by atoms with Crippen molar-refractivity contribution in [3.05, 3.63) is 17.8 Å². The second-order valence-corrected chi connectivity index (χ2v) is 5.24. The standard InChI is InChI=1S/C13H17N3O3/c1-19-13(18)10-3-5-12(15-14-10)16-6-8-2-4-11(17)9(8)7-16/h3,5,8-9,11,17H,2,4,6-7H2,1H3. The number of nitrogens with zero attached hydrogens (tertiary/aromatic N) is 3. The zero-order valence-electron chi connectivity index (χ0n) is 10.8. The number of carbonyl (C=O) groups is 1. The highest BCUT2D eigenvalue weighted by Crippen LogP contribution is 2.39. The molecule has 1 saturated carbocycles. The molecule has 6 nitrogen and oxygen atoms in total. The van der Waals surface area contributed by atoms with Crippen molar-refractivity contribution in [2.75, 3.05) is 25.1 Å². The Labute approximate surface area is 111 Å². The lowest BCUT2D eigenvalue weighted by molar-refractivity contribution is 0.0592. The lowest BCUT2D eigenvalue weighted by Gasteiger charge is -2.18. The van der Waals surface area contributed by atoms with Crippen LogP contribution in [-0.4, -0.2) is 47.6 Å². The molecule has 0 aromatic carbocycles. The van der Waals surface area contributed by atoms with Gasteiger partial charge in [0.1, 0.15) is 0 Å². The number of rotatable bonds is 2. The largest absolute Gasteiger partial charge is 0.464 e.